The van der Waals surface area contributed by atoms with Crippen molar-refractivity contribution < 1.29 is 0 Å². The highest BCUT2D eigenvalue weighted by Crippen LogP contribution is 2.36. The summed E-state index contributed by atoms with van der Waals surface area (Å²) in [5.41, 5.74) is 2.36. The van der Waals surface area contributed by atoms with Gasteiger partial charge in [-0.25, -0.2) is 4.98 Å². The van der Waals surface area contributed by atoms with Crippen LogP contribution in [0.25, 0.3) is 32.3 Å². The summed E-state index contributed by atoms with van der Waals surface area (Å²) in [5, 5.41) is 11.3. The van der Waals surface area contributed by atoms with Crippen LogP contribution in [0, 0.1) is 0 Å². The topological polar surface area (TPSA) is 24.9 Å². The van der Waals surface area contributed by atoms with E-state index in [0.717, 1.165) is 17.9 Å². The van der Waals surface area contributed by atoms with Crippen LogP contribution in [0.3, 0.4) is 0 Å². The number of aryl methyl sites for hydroxylation is 1. The van der Waals surface area contributed by atoms with Crippen LogP contribution in [-0.2, 0) is 6.42 Å². The molecule has 0 saturated heterocycles. The van der Waals surface area contributed by atoms with Crippen LogP contribution in [0.2, 0.25) is 0 Å². The molecule has 2 heteroatoms. The number of nitrogens with one attached hydrogen (secondary N) is 1. The van der Waals surface area contributed by atoms with Gasteiger partial charge in [0.2, 0.25) is 0 Å². The molecule has 120 valence electrons. The van der Waals surface area contributed by atoms with E-state index in [9.17, 15) is 0 Å². The third-order valence-corrected chi connectivity index (χ3v) is 4.97. The highest BCUT2D eigenvalue weighted by molar-refractivity contribution is 6.23. The Morgan fingerprint density at radius 3 is 2.08 bits per heavy atom. The first-order valence-electron chi connectivity index (χ1n) is 8.71. The highest BCUT2D eigenvalue weighted by Gasteiger charge is 2.09. The van der Waals surface area contributed by atoms with Crippen molar-refractivity contribution in [2.45, 2.75) is 13.3 Å². The Bertz CT molecular complexity index is 1140. The minimum Gasteiger partial charge on any atom is -0.340 e. The lowest BCUT2D eigenvalue weighted by atomic mass is 9.94. The predicted molar refractivity (Wildman–Crippen MR) is 107 cm³/mol. The zero-order valence-electron chi connectivity index (χ0n) is 14.1. The van der Waals surface area contributed by atoms with Crippen LogP contribution in [0.5, 0.6) is 0 Å². The fraction of sp³-hybridized carbons (Fsp3) is 0.0870. The number of nitrogens with zero attached hydrogens (tertiary/aromatic N) is 1. The van der Waals surface area contributed by atoms with Crippen molar-refractivity contribution in [2.75, 3.05) is 5.32 Å². The van der Waals surface area contributed by atoms with Gasteiger partial charge in [0, 0.05) is 11.9 Å². The van der Waals surface area contributed by atoms with Crippen molar-refractivity contribution in [3.8, 4) is 0 Å². The summed E-state index contributed by atoms with van der Waals surface area (Å²) in [4.78, 5) is 4.45. The quantitative estimate of drug-likeness (QED) is 0.395. The number of anilines is 2. The maximum absolute atomic E-state index is 4.45. The first-order chi connectivity index (χ1) is 12.3. The molecule has 0 spiro atoms. The molecule has 5 rings (SSSR count). The van der Waals surface area contributed by atoms with Gasteiger partial charge in [-0.2, -0.15) is 0 Å². The molecule has 0 unspecified atom stereocenters. The molecule has 0 saturated carbocycles. The summed E-state index contributed by atoms with van der Waals surface area (Å²) >= 11 is 0. The molecule has 2 nitrogen and oxygen atoms in total. The van der Waals surface area contributed by atoms with E-state index >= 15 is 0 Å². The second-order valence-corrected chi connectivity index (χ2v) is 6.54. The summed E-state index contributed by atoms with van der Waals surface area (Å²) in [6, 6.07) is 24.0. The molecule has 0 aliphatic rings. The van der Waals surface area contributed by atoms with Gasteiger partial charge >= 0.3 is 0 Å². The normalized spacial score (nSPS) is 11.6. The van der Waals surface area contributed by atoms with Gasteiger partial charge in [0.15, 0.2) is 0 Å². The number of benzene rings is 4. The predicted octanol–water partition coefficient (Wildman–Crippen LogP) is 6.29. The molecule has 0 aliphatic heterocycles. The minimum absolute atomic E-state index is 0.896. The standard InChI is InChI=1S/C23H18N2/c1-2-15-10-11-24-21(12-15)25-20-13-18-8-6-16-4-3-5-17-7-9-19(14-20)23(18)22(16)17/h3-14H,2H2,1H3,(H,24,25). The van der Waals surface area contributed by atoms with Crippen LogP contribution in [-0.4, -0.2) is 4.98 Å². The third kappa shape index (κ3) is 2.30. The minimum atomic E-state index is 0.896. The van der Waals surface area contributed by atoms with E-state index in [1.807, 2.05) is 6.20 Å². The molecule has 1 heterocycles. The van der Waals surface area contributed by atoms with Crippen molar-refractivity contribution in [2.24, 2.45) is 0 Å². The Morgan fingerprint density at radius 1 is 0.760 bits per heavy atom. The number of hydrogen-bond donors (Lipinski definition) is 1. The molecule has 5 aromatic rings. The average molecular weight is 322 g/mol. The van der Waals surface area contributed by atoms with Gasteiger partial charge in [-0.05, 0) is 68.6 Å². The Balaban J connectivity index is 1.69. The van der Waals surface area contributed by atoms with E-state index in [0.29, 0.717) is 0 Å². The second-order valence-electron chi connectivity index (χ2n) is 6.54. The zero-order chi connectivity index (χ0) is 16.8. The average Bonchev–Trinajstić information content (AvgIpc) is 2.66. The summed E-state index contributed by atoms with van der Waals surface area (Å²) in [6.07, 6.45) is 2.88. The molecule has 1 N–H and O–H groups in total. The number of pyridine rings is 1. The van der Waals surface area contributed by atoms with Gasteiger partial charge in [0.1, 0.15) is 5.82 Å². The van der Waals surface area contributed by atoms with Gasteiger partial charge < -0.3 is 5.32 Å². The van der Waals surface area contributed by atoms with Crippen molar-refractivity contribution in [3.05, 3.63) is 78.5 Å². The maximum Gasteiger partial charge on any atom is 0.130 e. The van der Waals surface area contributed by atoms with Crippen LogP contribution >= 0.6 is 0 Å². The fourth-order valence-corrected chi connectivity index (χ4v) is 3.74. The smallest absolute Gasteiger partial charge is 0.130 e. The van der Waals surface area contributed by atoms with Crippen molar-refractivity contribution in [1.82, 2.24) is 4.98 Å². The highest BCUT2D eigenvalue weighted by atomic mass is 15.0. The molecular weight excluding hydrogens is 304 g/mol. The van der Waals surface area contributed by atoms with E-state index in [1.165, 1.54) is 37.9 Å². The van der Waals surface area contributed by atoms with E-state index in [-0.39, 0.29) is 0 Å². The molecule has 1 aromatic heterocycles. The maximum atomic E-state index is 4.45. The number of rotatable bonds is 3. The first-order valence-corrected chi connectivity index (χ1v) is 8.71. The van der Waals surface area contributed by atoms with E-state index in [1.54, 1.807) is 0 Å². The number of hydrogen-bond acceptors (Lipinski definition) is 2. The van der Waals surface area contributed by atoms with Gasteiger partial charge in [-0.15, -0.1) is 0 Å². The summed E-state index contributed by atoms with van der Waals surface area (Å²) in [6.45, 7) is 2.16. The van der Waals surface area contributed by atoms with Crippen molar-refractivity contribution in [3.63, 3.8) is 0 Å². The van der Waals surface area contributed by atoms with E-state index in [4.69, 9.17) is 0 Å². The molecule has 4 aromatic carbocycles. The summed E-state index contributed by atoms with van der Waals surface area (Å²) < 4.78 is 0. The van der Waals surface area contributed by atoms with Crippen LogP contribution in [0.4, 0.5) is 11.5 Å². The van der Waals surface area contributed by atoms with Gasteiger partial charge in [-0.1, -0.05) is 49.4 Å². The van der Waals surface area contributed by atoms with Crippen LogP contribution in [0.15, 0.2) is 72.9 Å². The van der Waals surface area contributed by atoms with E-state index in [2.05, 4.69) is 84.0 Å². The Kier molecular flexibility index (Phi) is 3.10. The Labute approximate surface area is 146 Å². The van der Waals surface area contributed by atoms with Crippen molar-refractivity contribution >= 4 is 43.8 Å². The number of aromatic nitrogens is 1. The molecular formula is C23H18N2. The first kappa shape index (κ1) is 14.2. The van der Waals surface area contributed by atoms with Gasteiger partial charge in [0.05, 0.1) is 0 Å². The largest absolute Gasteiger partial charge is 0.340 e. The fourth-order valence-electron chi connectivity index (χ4n) is 3.74. The van der Waals surface area contributed by atoms with Gasteiger partial charge in [0.25, 0.3) is 0 Å². The second kappa shape index (κ2) is 5.45. The molecule has 0 bridgehead atoms. The van der Waals surface area contributed by atoms with Crippen molar-refractivity contribution in [1.29, 1.82) is 0 Å². The monoisotopic (exact) mass is 322 g/mol. The Hall–Kier alpha value is -3.13. The summed E-state index contributed by atoms with van der Waals surface area (Å²) in [7, 11) is 0. The van der Waals surface area contributed by atoms with Gasteiger partial charge in [-0.3, -0.25) is 0 Å². The SMILES string of the molecule is CCc1ccnc(Nc2cc3ccc4cccc5ccc(c2)c3c45)c1. The zero-order valence-corrected chi connectivity index (χ0v) is 14.1. The molecule has 0 amide bonds. The van der Waals surface area contributed by atoms with Crippen LogP contribution < -0.4 is 5.32 Å². The lowest BCUT2D eigenvalue weighted by Crippen LogP contribution is -1.95. The lowest BCUT2D eigenvalue weighted by molar-refractivity contribution is 1.12. The molecule has 0 aliphatic carbocycles. The lowest BCUT2D eigenvalue weighted by Gasteiger charge is -2.13. The summed E-state index contributed by atoms with van der Waals surface area (Å²) in [5.74, 6) is 0.896. The molecule has 0 radical (unpaired) electrons. The Morgan fingerprint density at radius 2 is 1.40 bits per heavy atom. The molecule has 0 fully saturated rings. The molecule has 25 heavy (non-hydrogen) atoms. The van der Waals surface area contributed by atoms with E-state index < -0.39 is 0 Å². The molecule has 0 atom stereocenters. The van der Waals surface area contributed by atoms with Crippen LogP contribution in [0.1, 0.15) is 12.5 Å². The third-order valence-electron chi connectivity index (χ3n) is 4.97.